The number of hydrogen-bond donors (Lipinski definition) is 2. The van der Waals surface area contributed by atoms with Crippen molar-refractivity contribution in [3.8, 4) is 11.1 Å². The van der Waals surface area contributed by atoms with Gasteiger partial charge in [-0.15, -0.1) is 0 Å². The van der Waals surface area contributed by atoms with Crippen molar-refractivity contribution in [2.75, 3.05) is 0 Å². The Morgan fingerprint density at radius 3 is 2.44 bits per heavy atom. The van der Waals surface area contributed by atoms with Gasteiger partial charge in [0.25, 0.3) is 5.91 Å². The lowest BCUT2D eigenvalue weighted by Crippen LogP contribution is -2.18. The summed E-state index contributed by atoms with van der Waals surface area (Å²) in [6, 6.07) is 23.2. The number of hydrogen-bond acceptors (Lipinski definition) is 2. The van der Waals surface area contributed by atoms with Crippen LogP contribution in [0, 0.1) is 0 Å². The van der Waals surface area contributed by atoms with Crippen molar-refractivity contribution in [1.29, 1.82) is 0 Å². The van der Waals surface area contributed by atoms with Crippen LogP contribution in [0.5, 0.6) is 0 Å². The Morgan fingerprint density at radius 2 is 1.67 bits per heavy atom. The maximum atomic E-state index is 12.6. The summed E-state index contributed by atoms with van der Waals surface area (Å²) >= 11 is 4.96. The topological polar surface area (TPSA) is 41.5 Å². The summed E-state index contributed by atoms with van der Waals surface area (Å²) in [5.74, 6) is -0.133. The molecule has 1 unspecified atom stereocenters. The van der Waals surface area contributed by atoms with Gasteiger partial charge < -0.3 is 0 Å². The van der Waals surface area contributed by atoms with Crippen molar-refractivity contribution < 1.29 is 4.79 Å². The molecular formula is C22H17ClN2OS. The third-order valence-electron chi connectivity index (χ3n) is 4.23. The van der Waals surface area contributed by atoms with E-state index in [-0.39, 0.29) is 5.91 Å². The highest BCUT2D eigenvalue weighted by atomic mass is 35.5. The maximum Gasteiger partial charge on any atom is 0.261 e. The smallest absolute Gasteiger partial charge is 0.261 e. The van der Waals surface area contributed by atoms with Gasteiger partial charge in [0, 0.05) is 22.4 Å². The van der Waals surface area contributed by atoms with Crippen molar-refractivity contribution in [2.24, 2.45) is 4.40 Å². The van der Waals surface area contributed by atoms with Gasteiger partial charge in [-0.3, -0.25) is 9.52 Å². The second-order valence-electron chi connectivity index (χ2n) is 6.06. The van der Waals surface area contributed by atoms with Crippen LogP contribution in [0.15, 0.2) is 82.6 Å². The highest BCUT2D eigenvalue weighted by molar-refractivity contribution is 8.17. The minimum atomic E-state index is -1.09. The quantitative estimate of drug-likeness (QED) is 0.554. The Balaban J connectivity index is 1.48. The number of amides is 1. The number of fused-ring (bicyclic) bond motifs is 1. The third kappa shape index (κ3) is 4.13. The predicted molar refractivity (Wildman–Crippen MR) is 116 cm³/mol. The largest absolute Gasteiger partial charge is 0.296 e. The second-order valence-corrected chi connectivity index (χ2v) is 7.94. The van der Waals surface area contributed by atoms with Crippen LogP contribution in [0.1, 0.15) is 21.5 Å². The molecule has 134 valence electrons. The van der Waals surface area contributed by atoms with Crippen LogP contribution in [-0.2, 0) is 0 Å². The van der Waals surface area contributed by atoms with Crippen LogP contribution >= 0.6 is 22.9 Å². The Morgan fingerprint density at radius 1 is 0.889 bits per heavy atom. The second kappa shape index (κ2) is 7.82. The molecule has 0 fully saturated rings. The fourth-order valence-electron chi connectivity index (χ4n) is 2.81. The number of carbonyl (C=O) groups is 1. The number of thiol groups is 1. The van der Waals surface area contributed by atoms with E-state index in [0.29, 0.717) is 10.6 Å². The molecule has 1 N–H and O–H groups in total. The molecule has 0 spiro atoms. The standard InChI is InChI=1S/C22H17ClN2OS/c23-21-7-3-6-19(14-21)17-8-10-18(11-9-17)22(26)25-27-13-12-16-4-1-2-5-20(16)15-24-27/h1-15,27H,(H,25,26). The van der Waals surface area contributed by atoms with Crippen LogP contribution in [0.4, 0.5) is 0 Å². The van der Waals surface area contributed by atoms with E-state index in [9.17, 15) is 4.79 Å². The van der Waals surface area contributed by atoms with E-state index in [0.717, 1.165) is 22.3 Å². The van der Waals surface area contributed by atoms with Gasteiger partial charge in [0.05, 0.1) is 0 Å². The van der Waals surface area contributed by atoms with Gasteiger partial charge in [-0.1, -0.05) is 71.4 Å². The number of benzene rings is 3. The summed E-state index contributed by atoms with van der Waals surface area (Å²) in [5, 5.41) is 2.65. The number of halogens is 1. The molecule has 0 bridgehead atoms. The first kappa shape index (κ1) is 17.6. The first-order chi connectivity index (χ1) is 13.2. The van der Waals surface area contributed by atoms with Gasteiger partial charge in [-0.25, -0.2) is 4.40 Å². The average Bonchev–Trinajstić information content (AvgIpc) is 2.91. The molecule has 3 aromatic carbocycles. The minimum absolute atomic E-state index is 0.133. The zero-order valence-corrected chi connectivity index (χ0v) is 16.0. The lowest BCUT2D eigenvalue weighted by molar-refractivity contribution is 0.0984. The van der Waals surface area contributed by atoms with Crippen LogP contribution in [-0.4, -0.2) is 12.1 Å². The Bertz CT molecular complexity index is 1010. The lowest BCUT2D eigenvalue weighted by Gasteiger charge is -2.13. The van der Waals surface area contributed by atoms with Gasteiger partial charge >= 0.3 is 0 Å². The van der Waals surface area contributed by atoms with Gasteiger partial charge in [0.1, 0.15) is 0 Å². The fourth-order valence-corrected chi connectivity index (χ4v) is 4.10. The van der Waals surface area contributed by atoms with Crippen LogP contribution in [0.2, 0.25) is 5.02 Å². The molecule has 5 heteroatoms. The zero-order valence-electron chi connectivity index (χ0n) is 14.3. The molecule has 0 aliphatic carbocycles. The number of carbonyl (C=O) groups excluding carboxylic acids is 1. The first-order valence-electron chi connectivity index (χ1n) is 8.46. The van der Waals surface area contributed by atoms with Gasteiger partial charge in [-0.05, 0) is 52.4 Å². The summed E-state index contributed by atoms with van der Waals surface area (Å²) in [6.45, 7) is 0. The molecular weight excluding hydrogens is 376 g/mol. The molecule has 0 saturated carbocycles. The normalized spacial score (nSPS) is 16.4. The van der Waals surface area contributed by atoms with Crippen LogP contribution in [0.3, 0.4) is 0 Å². The van der Waals surface area contributed by atoms with E-state index in [1.54, 1.807) is 0 Å². The summed E-state index contributed by atoms with van der Waals surface area (Å²) in [5.41, 5.74) is 4.80. The van der Waals surface area contributed by atoms with Crippen LogP contribution in [0.25, 0.3) is 17.2 Å². The van der Waals surface area contributed by atoms with Gasteiger partial charge in [0.15, 0.2) is 0 Å². The van der Waals surface area contributed by atoms with E-state index in [2.05, 4.69) is 9.12 Å². The van der Waals surface area contributed by atoms with E-state index in [4.69, 9.17) is 11.6 Å². The number of nitrogens with one attached hydrogen (secondary N) is 1. The van der Waals surface area contributed by atoms with Crippen molar-refractivity contribution >= 4 is 41.1 Å². The fraction of sp³-hybridized carbons (Fsp3) is 0. The highest BCUT2D eigenvalue weighted by Crippen LogP contribution is 2.29. The molecule has 0 aromatic heterocycles. The molecule has 1 aliphatic heterocycles. The molecule has 1 atom stereocenters. The van der Waals surface area contributed by atoms with Crippen molar-refractivity contribution in [2.45, 2.75) is 0 Å². The minimum Gasteiger partial charge on any atom is -0.296 e. The Kier molecular flexibility index (Phi) is 5.10. The van der Waals surface area contributed by atoms with E-state index < -0.39 is 11.3 Å². The Hall–Kier alpha value is -2.82. The third-order valence-corrected chi connectivity index (χ3v) is 5.70. The zero-order chi connectivity index (χ0) is 18.6. The summed E-state index contributed by atoms with van der Waals surface area (Å²) in [6.07, 6.45) is 3.83. The van der Waals surface area contributed by atoms with Gasteiger partial charge in [0.2, 0.25) is 0 Å². The van der Waals surface area contributed by atoms with Crippen LogP contribution < -0.4 is 4.72 Å². The van der Waals surface area contributed by atoms with Crippen molar-refractivity contribution in [1.82, 2.24) is 4.72 Å². The van der Waals surface area contributed by atoms with E-state index in [1.165, 1.54) is 0 Å². The van der Waals surface area contributed by atoms with Crippen molar-refractivity contribution in [3.05, 3.63) is 99.9 Å². The lowest BCUT2D eigenvalue weighted by atomic mass is 10.0. The first-order valence-corrected chi connectivity index (χ1v) is 10.2. The number of rotatable bonds is 3. The molecule has 1 heterocycles. The number of nitrogens with zero attached hydrogens (tertiary/aromatic N) is 1. The van der Waals surface area contributed by atoms with Crippen molar-refractivity contribution in [3.63, 3.8) is 0 Å². The molecule has 27 heavy (non-hydrogen) atoms. The summed E-state index contributed by atoms with van der Waals surface area (Å²) < 4.78 is 7.51. The summed E-state index contributed by atoms with van der Waals surface area (Å²) in [4.78, 5) is 12.6. The maximum absolute atomic E-state index is 12.6. The molecule has 3 aromatic rings. The molecule has 0 radical (unpaired) electrons. The van der Waals surface area contributed by atoms with Gasteiger partial charge in [-0.2, -0.15) is 0 Å². The Labute approximate surface area is 166 Å². The molecule has 4 rings (SSSR count). The average molecular weight is 393 g/mol. The highest BCUT2D eigenvalue weighted by Gasteiger charge is 2.10. The predicted octanol–water partition coefficient (Wildman–Crippen LogP) is 5.67. The molecule has 1 amide bonds. The molecule has 0 saturated heterocycles. The SMILES string of the molecule is O=C(N[SH]1C=Cc2ccccc2C=N1)c1ccc(-c2cccc(Cl)c2)cc1. The summed E-state index contributed by atoms with van der Waals surface area (Å²) in [7, 11) is 0. The monoisotopic (exact) mass is 392 g/mol. The van der Waals surface area contributed by atoms with E-state index >= 15 is 0 Å². The molecule has 1 aliphatic rings. The molecule has 3 nitrogen and oxygen atoms in total. The van der Waals surface area contributed by atoms with E-state index in [1.807, 2.05) is 90.5 Å².